The molecule has 1 aliphatic rings. The molecular weight excluding hydrogens is 268 g/mol. The highest BCUT2D eigenvalue weighted by Gasteiger charge is 2.27. The lowest BCUT2D eigenvalue weighted by Gasteiger charge is -2.06. The zero-order chi connectivity index (χ0) is 13.0. The number of aromatic nitrogens is 3. The minimum absolute atomic E-state index is 0.0713. The second-order valence-electron chi connectivity index (χ2n) is 4.50. The maximum absolute atomic E-state index is 6.36. The summed E-state index contributed by atoms with van der Waals surface area (Å²) in [7, 11) is 0. The molecule has 0 aromatic carbocycles. The quantitative estimate of drug-likeness (QED) is 0.743. The third-order valence-corrected chi connectivity index (χ3v) is 4.79. The first-order valence-electron chi connectivity index (χ1n) is 5.76. The fourth-order valence-electron chi connectivity index (χ4n) is 2.20. The zero-order valence-corrected chi connectivity index (χ0v) is 12.2. The van der Waals surface area contributed by atoms with E-state index in [0.29, 0.717) is 5.17 Å². The van der Waals surface area contributed by atoms with Gasteiger partial charge in [0.15, 0.2) is 5.82 Å². The van der Waals surface area contributed by atoms with Crippen LogP contribution >= 0.6 is 22.9 Å². The SMILES string of the molecule is Cc1sc2c(c1C)C(Cl)=NC(C)c1nnc(C)n1-2. The Labute approximate surface area is 114 Å². The van der Waals surface area contributed by atoms with Gasteiger partial charge in [0.25, 0.3) is 0 Å². The van der Waals surface area contributed by atoms with Crippen LogP contribution in [0.3, 0.4) is 0 Å². The number of thiophene rings is 1. The van der Waals surface area contributed by atoms with E-state index in [9.17, 15) is 0 Å². The summed E-state index contributed by atoms with van der Waals surface area (Å²) in [6.07, 6.45) is 0. The summed E-state index contributed by atoms with van der Waals surface area (Å²) in [6.45, 7) is 8.12. The molecule has 4 nitrogen and oxygen atoms in total. The molecule has 6 heteroatoms. The highest BCUT2D eigenvalue weighted by atomic mass is 35.5. The van der Waals surface area contributed by atoms with E-state index >= 15 is 0 Å². The van der Waals surface area contributed by atoms with E-state index in [-0.39, 0.29) is 6.04 Å². The number of fused-ring (bicyclic) bond motifs is 3. The van der Waals surface area contributed by atoms with Crippen LogP contribution in [0, 0.1) is 20.8 Å². The number of hydrogen-bond acceptors (Lipinski definition) is 4. The molecule has 1 aliphatic heterocycles. The summed E-state index contributed by atoms with van der Waals surface area (Å²) in [5.74, 6) is 1.73. The van der Waals surface area contributed by atoms with Gasteiger partial charge >= 0.3 is 0 Å². The van der Waals surface area contributed by atoms with Gasteiger partial charge in [-0.25, -0.2) is 0 Å². The fourth-order valence-corrected chi connectivity index (χ4v) is 3.85. The number of rotatable bonds is 0. The van der Waals surface area contributed by atoms with Crippen molar-refractivity contribution in [3.8, 4) is 5.00 Å². The molecule has 18 heavy (non-hydrogen) atoms. The van der Waals surface area contributed by atoms with Crippen molar-refractivity contribution >= 4 is 28.1 Å². The molecule has 1 unspecified atom stereocenters. The first-order valence-corrected chi connectivity index (χ1v) is 6.96. The van der Waals surface area contributed by atoms with E-state index in [4.69, 9.17) is 11.6 Å². The van der Waals surface area contributed by atoms with Crippen molar-refractivity contribution in [1.82, 2.24) is 14.8 Å². The van der Waals surface area contributed by atoms with E-state index in [1.807, 2.05) is 13.8 Å². The number of halogens is 1. The minimum atomic E-state index is -0.0713. The van der Waals surface area contributed by atoms with Gasteiger partial charge < -0.3 is 0 Å². The molecule has 3 rings (SSSR count). The molecule has 0 spiro atoms. The summed E-state index contributed by atoms with van der Waals surface area (Å²) in [6, 6.07) is -0.0713. The lowest BCUT2D eigenvalue weighted by atomic mass is 10.2. The van der Waals surface area contributed by atoms with Gasteiger partial charge in [0.2, 0.25) is 0 Å². The van der Waals surface area contributed by atoms with E-state index in [0.717, 1.165) is 22.2 Å². The molecule has 0 bridgehead atoms. The Kier molecular flexibility index (Phi) is 2.57. The van der Waals surface area contributed by atoms with E-state index < -0.39 is 0 Å². The third-order valence-electron chi connectivity index (χ3n) is 3.31. The summed E-state index contributed by atoms with van der Waals surface area (Å²) in [4.78, 5) is 5.76. The van der Waals surface area contributed by atoms with Gasteiger partial charge in [-0.3, -0.25) is 9.56 Å². The maximum Gasteiger partial charge on any atom is 0.162 e. The topological polar surface area (TPSA) is 43.1 Å². The van der Waals surface area contributed by atoms with Gasteiger partial charge in [0.1, 0.15) is 22.0 Å². The van der Waals surface area contributed by atoms with Crippen LogP contribution in [0.15, 0.2) is 4.99 Å². The predicted octanol–water partition coefficient (Wildman–Crippen LogP) is 3.31. The van der Waals surface area contributed by atoms with Crippen molar-refractivity contribution in [2.24, 2.45) is 4.99 Å². The lowest BCUT2D eigenvalue weighted by Crippen LogP contribution is -2.03. The molecule has 0 saturated carbocycles. The smallest absolute Gasteiger partial charge is 0.162 e. The standard InChI is InChI=1S/C12H13ClN4S/c1-5-7(3)18-12-9(5)10(13)14-6(2)11-16-15-8(4)17(11)12/h6H,1-4H3. The molecule has 0 aliphatic carbocycles. The Morgan fingerprint density at radius 2 is 1.94 bits per heavy atom. The molecule has 0 saturated heterocycles. The fraction of sp³-hybridized carbons (Fsp3) is 0.417. The largest absolute Gasteiger partial charge is 0.271 e. The van der Waals surface area contributed by atoms with Crippen molar-refractivity contribution in [2.75, 3.05) is 0 Å². The molecule has 0 radical (unpaired) electrons. The van der Waals surface area contributed by atoms with Crippen LogP contribution < -0.4 is 0 Å². The van der Waals surface area contributed by atoms with Gasteiger partial charge in [0, 0.05) is 10.4 Å². The summed E-state index contributed by atoms with van der Waals surface area (Å²) >= 11 is 8.07. The second-order valence-corrected chi connectivity index (χ2v) is 6.06. The average molecular weight is 281 g/mol. The van der Waals surface area contributed by atoms with Gasteiger partial charge in [-0.15, -0.1) is 21.5 Å². The molecule has 3 heterocycles. The molecule has 0 amide bonds. The maximum atomic E-state index is 6.36. The Morgan fingerprint density at radius 1 is 1.22 bits per heavy atom. The molecule has 94 valence electrons. The number of nitrogens with zero attached hydrogens (tertiary/aromatic N) is 4. The van der Waals surface area contributed by atoms with Crippen LogP contribution in [0.25, 0.3) is 5.00 Å². The first-order chi connectivity index (χ1) is 8.50. The molecule has 0 fully saturated rings. The Hall–Kier alpha value is -1.20. The van der Waals surface area contributed by atoms with Crippen LogP contribution in [-0.2, 0) is 0 Å². The van der Waals surface area contributed by atoms with Gasteiger partial charge in [0.05, 0.1) is 0 Å². The molecule has 0 N–H and O–H groups in total. The van der Waals surface area contributed by atoms with Crippen LogP contribution in [-0.4, -0.2) is 19.9 Å². The molecule has 2 aromatic rings. The summed E-state index contributed by atoms with van der Waals surface area (Å²) in [5.41, 5.74) is 2.21. The van der Waals surface area contributed by atoms with E-state index in [1.165, 1.54) is 10.4 Å². The van der Waals surface area contributed by atoms with Crippen LogP contribution in [0.1, 0.15) is 40.6 Å². The van der Waals surface area contributed by atoms with Crippen molar-refractivity contribution < 1.29 is 0 Å². The molecule has 2 aromatic heterocycles. The lowest BCUT2D eigenvalue weighted by molar-refractivity contribution is 0.725. The molecule has 1 atom stereocenters. The van der Waals surface area contributed by atoms with Crippen LogP contribution in [0.4, 0.5) is 0 Å². The van der Waals surface area contributed by atoms with E-state index in [1.54, 1.807) is 11.3 Å². The van der Waals surface area contributed by atoms with Gasteiger partial charge in [-0.05, 0) is 33.3 Å². The number of hydrogen-bond donors (Lipinski definition) is 0. The minimum Gasteiger partial charge on any atom is -0.271 e. The van der Waals surface area contributed by atoms with Crippen LogP contribution in [0.5, 0.6) is 0 Å². The first kappa shape index (κ1) is 11.9. The van der Waals surface area contributed by atoms with Crippen molar-refractivity contribution in [3.05, 3.63) is 27.7 Å². The van der Waals surface area contributed by atoms with Crippen molar-refractivity contribution in [1.29, 1.82) is 0 Å². The number of aryl methyl sites for hydroxylation is 2. The average Bonchev–Trinajstić information content (AvgIpc) is 2.77. The monoisotopic (exact) mass is 280 g/mol. The van der Waals surface area contributed by atoms with Gasteiger partial charge in [-0.1, -0.05) is 11.6 Å². The Morgan fingerprint density at radius 3 is 2.67 bits per heavy atom. The highest BCUT2D eigenvalue weighted by molar-refractivity contribution is 7.15. The normalized spacial score (nSPS) is 18.1. The Balaban J connectivity index is 2.42. The van der Waals surface area contributed by atoms with Gasteiger partial charge in [-0.2, -0.15) is 0 Å². The van der Waals surface area contributed by atoms with Crippen molar-refractivity contribution in [3.63, 3.8) is 0 Å². The van der Waals surface area contributed by atoms with Crippen molar-refractivity contribution in [2.45, 2.75) is 33.7 Å². The third kappa shape index (κ3) is 1.47. The zero-order valence-electron chi connectivity index (χ0n) is 10.7. The van der Waals surface area contributed by atoms with Crippen LogP contribution in [0.2, 0.25) is 0 Å². The summed E-state index contributed by atoms with van der Waals surface area (Å²) in [5, 5.41) is 10.0. The second kappa shape index (κ2) is 3.90. The number of aliphatic imine (C=N–C) groups is 1. The predicted molar refractivity (Wildman–Crippen MR) is 74.3 cm³/mol. The molecular formula is C12H13ClN4S. The highest BCUT2D eigenvalue weighted by Crippen LogP contribution is 2.37. The summed E-state index contributed by atoms with van der Waals surface area (Å²) < 4.78 is 2.07. The Bertz CT molecular complexity index is 668. The van der Waals surface area contributed by atoms with E-state index in [2.05, 4.69) is 33.6 Å².